The van der Waals surface area contributed by atoms with Crippen molar-refractivity contribution in [1.82, 2.24) is 10.3 Å². The minimum absolute atomic E-state index is 0.256. The Balaban J connectivity index is 2.01. The number of aromatic nitrogens is 1. The SMILES string of the molecule is O=C(NC1CCCC1C(=O)O)c1cc(Br)c[nH]1. The summed E-state index contributed by atoms with van der Waals surface area (Å²) in [5.41, 5.74) is 0.438. The molecule has 2 unspecified atom stereocenters. The molecule has 5 nitrogen and oxygen atoms in total. The van der Waals surface area contributed by atoms with E-state index in [0.717, 1.165) is 17.3 Å². The quantitative estimate of drug-likeness (QED) is 0.795. The van der Waals surface area contributed by atoms with Crippen LogP contribution in [-0.2, 0) is 4.79 Å². The minimum atomic E-state index is -0.833. The summed E-state index contributed by atoms with van der Waals surface area (Å²) in [7, 11) is 0. The Morgan fingerprint density at radius 1 is 1.47 bits per heavy atom. The van der Waals surface area contributed by atoms with E-state index in [0.29, 0.717) is 12.1 Å². The molecule has 1 aliphatic rings. The number of aliphatic carboxylic acids is 1. The third-order valence-corrected chi connectivity index (χ3v) is 3.50. The zero-order valence-corrected chi connectivity index (χ0v) is 10.7. The Labute approximate surface area is 107 Å². The Bertz CT molecular complexity index is 444. The normalized spacial score (nSPS) is 23.6. The van der Waals surface area contributed by atoms with Crippen LogP contribution in [0.1, 0.15) is 29.8 Å². The molecular weight excluding hydrogens is 288 g/mol. The zero-order chi connectivity index (χ0) is 12.4. The number of H-pyrrole nitrogens is 1. The number of carboxylic acids is 1. The summed E-state index contributed by atoms with van der Waals surface area (Å²) >= 11 is 3.24. The molecule has 1 saturated carbocycles. The molecular formula is C11H13BrN2O3. The van der Waals surface area contributed by atoms with Crippen molar-refractivity contribution in [2.24, 2.45) is 5.92 Å². The van der Waals surface area contributed by atoms with Gasteiger partial charge in [-0.2, -0.15) is 0 Å². The van der Waals surface area contributed by atoms with E-state index in [1.165, 1.54) is 0 Å². The highest BCUT2D eigenvalue weighted by Crippen LogP contribution is 2.26. The molecule has 2 rings (SSSR count). The van der Waals surface area contributed by atoms with Crippen LogP contribution >= 0.6 is 15.9 Å². The highest BCUT2D eigenvalue weighted by Gasteiger charge is 2.34. The third-order valence-electron chi connectivity index (χ3n) is 3.04. The lowest BCUT2D eigenvalue weighted by atomic mass is 10.0. The van der Waals surface area contributed by atoms with Crippen LogP contribution in [0.5, 0.6) is 0 Å². The lowest BCUT2D eigenvalue weighted by Crippen LogP contribution is -2.40. The summed E-state index contributed by atoms with van der Waals surface area (Å²) in [5, 5.41) is 11.8. The summed E-state index contributed by atoms with van der Waals surface area (Å²) in [6.07, 6.45) is 3.87. The van der Waals surface area contributed by atoms with Crippen LogP contribution in [0.2, 0.25) is 0 Å². The molecule has 2 atom stereocenters. The van der Waals surface area contributed by atoms with Crippen molar-refractivity contribution in [2.45, 2.75) is 25.3 Å². The lowest BCUT2D eigenvalue weighted by Gasteiger charge is -2.16. The van der Waals surface area contributed by atoms with Gasteiger partial charge < -0.3 is 15.4 Å². The van der Waals surface area contributed by atoms with E-state index in [-0.39, 0.29) is 11.9 Å². The molecule has 92 valence electrons. The molecule has 1 fully saturated rings. The second-order valence-electron chi connectivity index (χ2n) is 4.19. The summed E-state index contributed by atoms with van der Waals surface area (Å²) in [5.74, 6) is -1.55. The maximum atomic E-state index is 11.8. The summed E-state index contributed by atoms with van der Waals surface area (Å²) < 4.78 is 0.795. The molecule has 0 radical (unpaired) electrons. The first-order valence-electron chi connectivity index (χ1n) is 5.45. The van der Waals surface area contributed by atoms with E-state index in [9.17, 15) is 9.59 Å². The van der Waals surface area contributed by atoms with E-state index in [1.807, 2.05) is 0 Å². The van der Waals surface area contributed by atoms with E-state index in [2.05, 4.69) is 26.2 Å². The van der Waals surface area contributed by atoms with E-state index < -0.39 is 11.9 Å². The van der Waals surface area contributed by atoms with Gasteiger partial charge in [0.15, 0.2) is 0 Å². The highest BCUT2D eigenvalue weighted by atomic mass is 79.9. The van der Waals surface area contributed by atoms with E-state index in [1.54, 1.807) is 12.3 Å². The van der Waals surface area contributed by atoms with Crippen LogP contribution in [-0.4, -0.2) is 28.0 Å². The Morgan fingerprint density at radius 3 is 2.82 bits per heavy atom. The molecule has 3 N–H and O–H groups in total. The molecule has 6 heteroatoms. The summed E-state index contributed by atoms with van der Waals surface area (Å²) in [6, 6.07) is 1.40. The van der Waals surface area contributed by atoms with Gasteiger partial charge in [0, 0.05) is 16.7 Å². The molecule has 0 aromatic carbocycles. The van der Waals surface area contributed by atoms with Crippen molar-refractivity contribution < 1.29 is 14.7 Å². The van der Waals surface area contributed by atoms with Crippen molar-refractivity contribution in [1.29, 1.82) is 0 Å². The molecule has 1 aromatic heterocycles. The Morgan fingerprint density at radius 2 is 2.24 bits per heavy atom. The third kappa shape index (κ3) is 2.69. The van der Waals surface area contributed by atoms with Crippen LogP contribution in [0.4, 0.5) is 0 Å². The van der Waals surface area contributed by atoms with Gasteiger partial charge in [0.2, 0.25) is 0 Å². The van der Waals surface area contributed by atoms with Gasteiger partial charge in [-0.25, -0.2) is 0 Å². The largest absolute Gasteiger partial charge is 0.481 e. The maximum Gasteiger partial charge on any atom is 0.308 e. The predicted molar refractivity (Wildman–Crippen MR) is 64.7 cm³/mol. The lowest BCUT2D eigenvalue weighted by molar-refractivity contribution is -0.142. The number of hydrogen-bond donors (Lipinski definition) is 3. The van der Waals surface area contributed by atoms with Gasteiger partial charge in [-0.05, 0) is 34.8 Å². The molecule has 1 aromatic rings. The highest BCUT2D eigenvalue weighted by molar-refractivity contribution is 9.10. The Kier molecular flexibility index (Phi) is 3.51. The van der Waals surface area contributed by atoms with Crippen molar-refractivity contribution in [3.05, 3.63) is 22.4 Å². The number of rotatable bonds is 3. The van der Waals surface area contributed by atoms with Crippen LogP contribution in [0, 0.1) is 5.92 Å². The van der Waals surface area contributed by atoms with Crippen LogP contribution in [0.3, 0.4) is 0 Å². The molecule has 1 heterocycles. The average Bonchev–Trinajstić information content (AvgIpc) is 2.86. The number of halogens is 1. The number of nitrogens with one attached hydrogen (secondary N) is 2. The molecule has 0 bridgehead atoms. The first-order chi connectivity index (χ1) is 8.08. The fourth-order valence-corrected chi connectivity index (χ4v) is 2.52. The van der Waals surface area contributed by atoms with Crippen molar-refractivity contribution in [2.75, 3.05) is 0 Å². The van der Waals surface area contributed by atoms with Gasteiger partial charge in [-0.3, -0.25) is 9.59 Å². The molecule has 1 amide bonds. The summed E-state index contributed by atoms with van der Waals surface area (Å²) in [6.45, 7) is 0. The van der Waals surface area contributed by atoms with Gasteiger partial charge >= 0.3 is 5.97 Å². The first-order valence-corrected chi connectivity index (χ1v) is 6.25. The monoisotopic (exact) mass is 300 g/mol. The fourth-order valence-electron chi connectivity index (χ4n) is 2.17. The second kappa shape index (κ2) is 4.91. The number of carbonyl (C=O) groups is 2. The number of amides is 1. The topological polar surface area (TPSA) is 82.2 Å². The minimum Gasteiger partial charge on any atom is -0.481 e. The number of carbonyl (C=O) groups excluding carboxylic acids is 1. The first kappa shape index (κ1) is 12.2. The van der Waals surface area contributed by atoms with Gasteiger partial charge in [-0.15, -0.1) is 0 Å². The van der Waals surface area contributed by atoms with Crippen molar-refractivity contribution >= 4 is 27.8 Å². The van der Waals surface area contributed by atoms with Gasteiger partial charge in [-0.1, -0.05) is 6.42 Å². The molecule has 1 aliphatic carbocycles. The second-order valence-corrected chi connectivity index (χ2v) is 5.10. The molecule has 0 spiro atoms. The smallest absolute Gasteiger partial charge is 0.308 e. The maximum absolute atomic E-state index is 11.8. The van der Waals surface area contributed by atoms with Crippen LogP contribution in [0.15, 0.2) is 16.7 Å². The number of carboxylic acid groups (broad SMARTS) is 1. The van der Waals surface area contributed by atoms with Gasteiger partial charge in [0.25, 0.3) is 5.91 Å². The molecule has 0 saturated heterocycles. The standard InChI is InChI=1S/C11H13BrN2O3/c12-6-4-9(13-5-6)10(15)14-8-3-1-2-7(8)11(16)17/h4-5,7-8,13H,1-3H2,(H,14,15)(H,16,17). The fraction of sp³-hybridized carbons (Fsp3) is 0.455. The summed E-state index contributed by atoms with van der Waals surface area (Å²) in [4.78, 5) is 25.6. The number of hydrogen-bond acceptors (Lipinski definition) is 2. The molecule has 17 heavy (non-hydrogen) atoms. The van der Waals surface area contributed by atoms with E-state index >= 15 is 0 Å². The Hall–Kier alpha value is -1.30. The number of aromatic amines is 1. The van der Waals surface area contributed by atoms with E-state index in [4.69, 9.17) is 5.11 Å². The van der Waals surface area contributed by atoms with Crippen LogP contribution in [0.25, 0.3) is 0 Å². The predicted octanol–water partition coefficient (Wildman–Crippen LogP) is 1.76. The average molecular weight is 301 g/mol. The van der Waals surface area contributed by atoms with Gasteiger partial charge in [0.1, 0.15) is 5.69 Å². The van der Waals surface area contributed by atoms with Gasteiger partial charge in [0.05, 0.1) is 5.92 Å². The molecule has 0 aliphatic heterocycles. The van der Waals surface area contributed by atoms with Crippen LogP contribution < -0.4 is 5.32 Å². The van der Waals surface area contributed by atoms with Crippen molar-refractivity contribution in [3.8, 4) is 0 Å². The zero-order valence-electron chi connectivity index (χ0n) is 9.07. The van der Waals surface area contributed by atoms with Crippen molar-refractivity contribution in [3.63, 3.8) is 0 Å².